The maximum Gasteiger partial charge on any atom is 0.271 e. The quantitative estimate of drug-likeness (QED) is 0.761. The molecule has 14 heavy (non-hydrogen) atoms. The number of nitrogens with zero attached hydrogens (tertiary/aromatic N) is 1. The molecule has 0 aliphatic rings. The molecule has 0 atom stereocenters. The van der Waals surface area contributed by atoms with Crippen LogP contribution in [0.1, 0.15) is 12.0 Å². The maximum absolute atomic E-state index is 13.1. The van der Waals surface area contributed by atoms with Crippen LogP contribution in [0.2, 0.25) is 0 Å². The number of alkyl halides is 2. The molecule has 0 aromatic carbocycles. The minimum atomic E-state index is -2.97. The average Bonchev–Trinajstić information content (AvgIpc) is 2.15. The van der Waals surface area contributed by atoms with Crippen molar-refractivity contribution in [3.63, 3.8) is 0 Å². The summed E-state index contributed by atoms with van der Waals surface area (Å²) in [6, 6.07) is 0.782. The third-order valence-electron chi connectivity index (χ3n) is 1.57. The Morgan fingerprint density at radius 2 is 1.93 bits per heavy atom. The highest BCUT2D eigenvalue weighted by Gasteiger charge is 2.22. The number of rotatable bonds is 3. The third kappa shape index (κ3) is 1.89. The van der Waals surface area contributed by atoms with E-state index in [0.717, 1.165) is 13.2 Å². The molecule has 1 heterocycles. The SMILES string of the molecule is COc1cc(F)c(C(F)F)c(OC)n1. The van der Waals surface area contributed by atoms with Gasteiger partial charge in [-0.2, -0.15) is 4.98 Å². The molecule has 0 aliphatic heterocycles. The number of pyridine rings is 1. The van der Waals surface area contributed by atoms with Crippen molar-refractivity contribution in [3.05, 3.63) is 17.4 Å². The van der Waals surface area contributed by atoms with Crippen LogP contribution in [0.15, 0.2) is 6.07 Å². The molecule has 0 N–H and O–H groups in total. The molecule has 3 nitrogen and oxygen atoms in total. The summed E-state index contributed by atoms with van der Waals surface area (Å²) >= 11 is 0. The van der Waals surface area contributed by atoms with Crippen LogP contribution in [0.5, 0.6) is 11.8 Å². The van der Waals surface area contributed by atoms with E-state index in [9.17, 15) is 13.2 Å². The van der Waals surface area contributed by atoms with Gasteiger partial charge >= 0.3 is 0 Å². The molecular weight excluding hydrogens is 199 g/mol. The van der Waals surface area contributed by atoms with Crippen molar-refractivity contribution in [1.82, 2.24) is 4.98 Å². The van der Waals surface area contributed by atoms with E-state index in [1.54, 1.807) is 0 Å². The van der Waals surface area contributed by atoms with Gasteiger partial charge in [0.25, 0.3) is 6.43 Å². The summed E-state index contributed by atoms with van der Waals surface area (Å²) in [5, 5.41) is 0. The zero-order valence-electron chi connectivity index (χ0n) is 7.55. The van der Waals surface area contributed by atoms with E-state index in [1.807, 2.05) is 0 Å². The van der Waals surface area contributed by atoms with Crippen LogP contribution >= 0.6 is 0 Å². The maximum atomic E-state index is 13.1. The van der Waals surface area contributed by atoms with Crippen molar-refractivity contribution in [1.29, 1.82) is 0 Å². The van der Waals surface area contributed by atoms with Gasteiger partial charge in [0.05, 0.1) is 14.2 Å². The van der Waals surface area contributed by atoms with Crippen LogP contribution in [0, 0.1) is 5.82 Å². The molecule has 0 saturated carbocycles. The van der Waals surface area contributed by atoms with Crippen LogP contribution in [-0.2, 0) is 0 Å². The molecule has 0 aliphatic carbocycles. The Balaban J connectivity index is 3.27. The predicted molar refractivity (Wildman–Crippen MR) is 42.3 cm³/mol. The lowest BCUT2D eigenvalue weighted by molar-refractivity contribution is 0.140. The summed E-state index contributed by atoms with van der Waals surface area (Å²) in [4.78, 5) is 3.53. The largest absolute Gasteiger partial charge is 0.481 e. The molecule has 0 bridgehead atoms. The van der Waals surface area contributed by atoms with E-state index in [0.29, 0.717) is 0 Å². The molecule has 1 rings (SSSR count). The van der Waals surface area contributed by atoms with Crippen molar-refractivity contribution in [2.24, 2.45) is 0 Å². The number of halogens is 3. The predicted octanol–water partition coefficient (Wildman–Crippen LogP) is 2.18. The zero-order valence-corrected chi connectivity index (χ0v) is 7.55. The molecule has 0 amide bonds. The topological polar surface area (TPSA) is 31.4 Å². The lowest BCUT2D eigenvalue weighted by Gasteiger charge is -2.09. The Hall–Kier alpha value is -1.46. The number of methoxy groups -OCH3 is 2. The first-order chi connectivity index (χ1) is 6.60. The highest BCUT2D eigenvalue weighted by Crippen LogP contribution is 2.31. The van der Waals surface area contributed by atoms with Crippen LogP contribution in [-0.4, -0.2) is 19.2 Å². The van der Waals surface area contributed by atoms with Gasteiger partial charge in [-0.3, -0.25) is 0 Å². The van der Waals surface area contributed by atoms with E-state index >= 15 is 0 Å². The molecule has 6 heteroatoms. The number of ether oxygens (including phenoxy) is 2. The van der Waals surface area contributed by atoms with Crippen molar-refractivity contribution in [3.8, 4) is 11.8 Å². The van der Waals surface area contributed by atoms with Gasteiger partial charge in [-0.25, -0.2) is 13.2 Å². The van der Waals surface area contributed by atoms with E-state index in [1.165, 1.54) is 7.11 Å². The van der Waals surface area contributed by atoms with Gasteiger partial charge in [0.2, 0.25) is 11.8 Å². The third-order valence-corrected chi connectivity index (χ3v) is 1.57. The monoisotopic (exact) mass is 207 g/mol. The second-order valence-electron chi connectivity index (χ2n) is 2.37. The van der Waals surface area contributed by atoms with Crippen LogP contribution in [0.4, 0.5) is 13.2 Å². The fraction of sp³-hybridized carbons (Fsp3) is 0.375. The Kier molecular flexibility index (Phi) is 3.16. The van der Waals surface area contributed by atoms with Crippen molar-refractivity contribution < 1.29 is 22.6 Å². The average molecular weight is 207 g/mol. The fourth-order valence-electron chi connectivity index (χ4n) is 0.939. The van der Waals surface area contributed by atoms with E-state index in [-0.39, 0.29) is 5.88 Å². The molecule has 1 aromatic rings. The molecule has 0 saturated heterocycles. The summed E-state index contributed by atoms with van der Waals surface area (Å²) in [7, 11) is 2.39. The first-order valence-corrected chi connectivity index (χ1v) is 3.66. The number of hydrogen-bond acceptors (Lipinski definition) is 3. The molecule has 78 valence electrons. The first kappa shape index (κ1) is 10.6. The van der Waals surface area contributed by atoms with Gasteiger partial charge < -0.3 is 9.47 Å². The Bertz CT molecular complexity index is 331. The van der Waals surface area contributed by atoms with Gasteiger partial charge in [-0.15, -0.1) is 0 Å². The van der Waals surface area contributed by atoms with E-state index < -0.39 is 23.7 Å². The van der Waals surface area contributed by atoms with Gasteiger partial charge in [0.15, 0.2) is 0 Å². The fourth-order valence-corrected chi connectivity index (χ4v) is 0.939. The van der Waals surface area contributed by atoms with Crippen LogP contribution in [0.25, 0.3) is 0 Å². The van der Waals surface area contributed by atoms with E-state index in [4.69, 9.17) is 0 Å². The van der Waals surface area contributed by atoms with Crippen molar-refractivity contribution >= 4 is 0 Å². The van der Waals surface area contributed by atoms with Crippen LogP contribution < -0.4 is 9.47 Å². The second kappa shape index (κ2) is 4.17. The Morgan fingerprint density at radius 3 is 2.36 bits per heavy atom. The normalized spacial score (nSPS) is 10.4. The lowest BCUT2D eigenvalue weighted by Crippen LogP contribution is -2.01. The highest BCUT2D eigenvalue weighted by atomic mass is 19.3. The lowest BCUT2D eigenvalue weighted by atomic mass is 10.2. The summed E-state index contributed by atoms with van der Waals surface area (Å²) < 4.78 is 46.8. The van der Waals surface area contributed by atoms with Gasteiger partial charge in [-0.1, -0.05) is 0 Å². The zero-order chi connectivity index (χ0) is 10.7. The van der Waals surface area contributed by atoms with Crippen molar-refractivity contribution in [2.75, 3.05) is 14.2 Å². The summed E-state index contributed by atoms with van der Waals surface area (Å²) in [6.07, 6.45) is -2.97. The Labute approximate surface area is 78.5 Å². The second-order valence-corrected chi connectivity index (χ2v) is 2.37. The number of hydrogen-bond donors (Lipinski definition) is 0. The molecule has 1 aromatic heterocycles. The van der Waals surface area contributed by atoms with Crippen LogP contribution in [0.3, 0.4) is 0 Å². The molecule has 0 radical (unpaired) electrons. The minimum absolute atomic E-state index is 0.108. The van der Waals surface area contributed by atoms with E-state index in [2.05, 4.69) is 14.5 Å². The molecular formula is C8H8F3NO2. The number of aromatic nitrogens is 1. The minimum Gasteiger partial charge on any atom is -0.481 e. The molecule has 0 unspecified atom stereocenters. The summed E-state index contributed by atoms with van der Waals surface area (Å²) in [6.45, 7) is 0. The highest BCUT2D eigenvalue weighted by molar-refractivity contribution is 5.33. The molecule has 0 fully saturated rings. The van der Waals surface area contributed by atoms with Crippen molar-refractivity contribution in [2.45, 2.75) is 6.43 Å². The smallest absolute Gasteiger partial charge is 0.271 e. The standard InChI is InChI=1S/C8H8F3NO2/c1-13-5-3-4(9)6(7(10)11)8(12-5)14-2/h3,7H,1-2H3. The molecule has 0 spiro atoms. The summed E-state index contributed by atoms with van der Waals surface area (Å²) in [5.41, 5.74) is -0.853. The van der Waals surface area contributed by atoms with Gasteiger partial charge in [0.1, 0.15) is 11.4 Å². The van der Waals surface area contributed by atoms with Gasteiger partial charge in [-0.05, 0) is 0 Å². The van der Waals surface area contributed by atoms with Gasteiger partial charge in [0, 0.05) is 6.07 Å². The Morgan fingerprint density at radius 1 is 1.29 bits per heavy atom. The first-order valence-electron chi connectivity index (χ1n) is 3.66. The summed E-state index contributed by atoms with van der Waals surface area (Å²) in [5.74, 6) is -1.66.